The Labute approximate surface area is 128 Å². The maximum atomic E-state index is 5.68. The standard InChI is InChI=1S/C17H27N3O/c1-17(2,3)21-20-16(15-7-5-6-12-19-15)13-8-10-14(18-4)11-9-13/h5-7,12-14,18H,8-11H2,1-4H3/b20-16+. The first-order valence-electron chi connectivity index (χ1n) is 7.84. The van der Waals surface area contributed by atoms with E-state index in [2.05, 4.69) is 15.5 Å². The Hall–Kier alpha value is -1.42. The maximum absolute atomic E-state index is 5.68. The minimum Gasteiger partial charge on any atom is -0.390 e. The van der Waals surface area contributed by atoms with Gasteiger partial charge in [-0.05, 0) is 65.6 Å². The lowest BCUT2D eigenvalue weighted by Gasteiger charge is -2.29. The fourth-order valence-corrected chi connectivity index (χ4v) is 2.69. The number of hydrogen-bond acceptors (Lipinski definition) is 4. The van der Waals surface area contributed by atoms with E-state index in [1.165, 1.54) is 12.8 Å². The Bertz CT molecular complexity index is 457. The van der Waals surface area contributed by atoms with Gasteiger partial charge in [0, 0.05) is 18.2 Å². The summed E-state index contributed by atoms with van der Waals surface area (Å²) in [6.45, 7) is 6.05. The second-order valence-corrected chi connectivity index (χ2v) is 6.73. The Kier molecular flexibility index (Phi) is 5.34. The molecule has 1 saturated carbocycles. The molecule has 1 heterocycles. The minimum atomic E-state index is -0.276. The van der Waals surface area contributed by atoms with E-state index in [-0.39, 0.29) is 5.60 Å². The van der Waals surface area contributed by atoms with Crippen LogP contribution < -0.4 is 5.32 Å². The van der Waals surface area contributed by atoms with Gasteiger partial charge >= 0.3 is 0 Å². The van der Waals surface area contributed by atoms with Crippen LogP contribution in [0.1, 0.15) is 52.1 Å². The van der Waals surface area contributed by atoms with Crippen LogP contribution in [0.25, 0.3) is 0 Å². The molecule has 0 spiro atoms. The van der Waals surface area contributed by atoms with E-state index in [9.17, 15) is 0 Å². The van der Waals surface area contributed by atoms with E-state index in [4.69, 9.17) is 4.84 Å². The monoisotopic (exact) mass is 289 g/mol. The van der Waals surface area contributed by atoms with Crippen molar-refractivity contribution in [3.05, 3.63) is 30.1 Å². The molecule has 0 atom stereocenters. The largest absolute Gasteiger partial charge is 0.390 e. The number of nitrogens with zero attached hydrogens (tertiary/aromatic N) is 2. The number of aromatic nitrogens is 1. The van der Waals surface area contributed by atoms with Crippen molar-refractivity contribution in [2.45, 2.75) is 58.1 Å². The summed E-state index contributed by atoms with van der Waals surface area (Å²) in [4.78, 5) is 10.2. The third-order valence-corrected chi connectivity index (χ3v) is 3.87. The molecule has 0 radical (unpaired) electrons. The molecule has 21 heavy (non-hydrogen) atoms. The van der Waals surface area contributed by atoms with E-state index in [0.717, 1.165) is 24.2 Å². The first-order chi connectivity index (χ1) is 9.99. The highest BCUT2D eigenvalue weighted by molar-refractivity contribution is 6.00. The van der Waals surface area contributed by atoms with Gasteiger partial charge in [-0.25, -0.2) is 0 Å². The second-order valence-electron chi connectivity index (χ2n) is 6.73. The van der Waals surface area contributed by atoms with Crippen molar-refractivity contribution >= 4 is 5.71 Å². The smallest absolute Gasteiger partial charge is 0.129 e. The van der Waals surface area contributed by atoms with Crippen LogP contribution in [-0.2, 0) is 4.84 Å². The summed E-state index contributed by atoms with van der Waals surface area (Å²) in [5.74, 6) is 0.437. The molecule has 116 valence electrons. The van der Waals surface area contributed by atoms with Crippen LogP contribution in [0.15, 0.2) is 29.6 Å². The number of rotatable bonds is 4. The minimum absolute atomic E-state index is 0.276. The molecule has 1 aliphatic carbocycles. The second kappa shape index (κ2) is 7.03. The molecule has 4 heteroatoms. The molecular weight excluding hydrogens is 262 g/mol. The molecule has 0 unspecified atom stereocenters. The lowest BCUT2D eigenvalue weighted by atomic mass is 9.82. The molecule has 1 N–H and O–H groups in total. The maximum Gasteiger partial charge on any atom is 0.129 e. The van der Waals surface area contributed by atoms with E-state index in [0.29, 0.717) is 12.0 Å². The molecule has 0 bridgehead atoms. The van der Waals surface area contributed by atoms with Crippen molar-refractivity contribution in [3.8, 4) is 0 Å². The molecule has 1 aromatic heterocycles. The van der Waals surface area contributed by atoms with Gasteiger partial charge in [0.05, 0.1) is 5.69 Å². The first-order valence-corrected chi connectivity index (χ1v) is 7.84. The van der Waals surface area contributed by atoms with Gasteiger partial charge in [0.15, 0.2) is 0 Å². The van der Waals surface area contributed by atoms with Gasteiger partial charge in [-0.1, -0.05) is 11.2 Å². The van der Waals surface area contributed by atoms with Gasteiger partial charge in [-0.3, -0.25) is 4.98 Å². The van der Waals surface area contributed by atoms with Gasteiger partial charge in [0.1, 0.15) is 11.3 Å². The zero-order chi connectivity index (χ0) is 15.3. The molecule has 0 aromatic carbocycles. The van der Waals surface area contributed by atoms with Gasteiger partial charge < -0.3 is 10.2 Å². The van der Waals surface area contributed by atoms with Crippen LogP contribution in [0, 0.1) is 5.92 Å². The van der Waals surface area contributed by atoms with Crippen molar-refractivity contribution in [1.29, 1.82) is 0 Å². The number of nitrogens with one attached hydrogen (secondary N) is 1. The predicted molar refractivity (Wildman–Crippen MR) is 86.4 cm³/mol. The summed E-state index contributed by atoms with van der Waals surface area (Å²) in [6.07, 6.45) is 6.45. The lowest BCUT2D eigenvalue weighted by molar-refractivity contribution is -0.0000867. The van der Waals surface area contributed by atoms with Crippen molar-refractivity contribution in [2.24, 2.45) is 11.1 Å². The van der Waals surface area contributed by atoms with Gasteiger partial charge in [0.2, 0.25) is 0 Å². The van der Waals surface area contributed by atoms with E-state index in [1.807, 2.05) is 52.2 Å². The molecule has 4 nitrogen and oxygen atoms in total. The van der Waals surface area contributed by atoms with Crippen molar-refractivity contribution < 1.29 is 4.84 Å². The van der Waals surface area contributed by atoms with Crippen molar-refractivity contribution in [1.82, 2.24) is 10.3 Å². The average Bonchev–Trinajstić information content (AvgIpc) is 2.48. The zero-order valence-corrected chi connectivity index (χ0v) is 13.6. The molecule has 0 amide bonds. The molecule has 0 saturated heterocycles. The number of hydrogen-bond donors (Lipinski definition) is 1. The first kappa shape index (κ1) is 16.0. The fraction of sp³-hybridized carbons (Fsp3) is 0.647. The summed E-state index contributed by atoms with van der Waals surface area (Å²) in [7, 11) is 2.04. The van der Waals surface area contributed by atoms with Crippen LogP contribution in [-0.4, -0.2) is 29.4 Å². The zero-order valence-electron chi connectivity index (χ0n) is 13.6. The Balaban J connectivity index is 2.17. The average molecular weight is 289 g/mol. The summed E-state index contributed by atoms with van der Waals surface area (Å²) in [5.41, 5.74) is 1.66. The van der Waals surface area contributed by atoms with Gasteiger partial charge in [0.25, 0.3) is 0 Å². The Morgan fingerprint density at radius 3 is 2.48 bits per heavy atom. The molecular formula is C17H27N3O. The van der Waals surface area contributed by atoms with Gasteiger partial charge in [-0.2, -0.15) is 0 Å². The highest BCUT2D eigenvalue weighted by atomic mass is 16.6. The third-order valence-electron chi connectivity index (χ3n) is 3.87. The lowest BCUT2D eigenvalue weighted by Crippen LogP contribution is -2.33. The highest BCUT2D eigenvalue weighted by Crippen LogP contribution is 2.28. The molecule has 2 rings (SSSR count). The van der Waals surface area contributed by atoms with Crippen LogP contribution in [0.4, 0.5) is 0 Å². The molecule has 1 aliphatic rings. The third kappa shape index (κ3) is 4.81. The Morgan fingerprint density at radius 2 is 1.95 bits per heavy atom. The van der Waals surface area contributed by atoms with Crippen molar-refractivity contribution in [3.63, 3.8) is 0 Å². The van der Waals surface area contributed by atoms with Crippen LogP contribution in [0.3, 0.4) is 0 Å². The topological polar surface area (TPSA) is 46.5 Å². The Morgan fingerprint density at radius 1 is 1.24 bits per heavy atom. The number of pyridine rings is 1. The molecule has 1 aromatic rings. The van der Waals surface area contributed by atoms with E-state index < -0.39 is 0 Å². The van der Waals surface area contributed by atoms with E-state index in [1.54, 1.807) is 0 Å². The van der Waals surface area contributed by atoms with Crippen molar-refractivity contribution in [2.75, 3.05) is 7.05 Å². The number of oxime groups is 1. The summed E-state index contributed by atoms with van der Waals surface area (Å²) in [6, 6.07) is 6.60. The van der Waals surface area contributed by atoms with Crippen LogP contribution >= 0.6 is 0 Å². The summed E-state index contributed by atoms with van der Waals surface area (Å²) < 4.78 is 0. The summed E-state index contributed by atoms with van der Waals surface area (Å²) >= 11 is 0. The molecule has 0 aliphatic heterocycles. The summed E-state index contributed by atoms with van der Waals surface area (Å²) in [5, 5.41) is 7.85. The SMILES string of the molecule is CNC1CCC(/C(=N\OC(C)(C)C)c2ccccn2)CC1. The fourth-order valence-electron chi connectivity index (χ4n) is 2.69. The predicted octanol–water partition coefficient (Wildman–Crippen LogP) is 3.38. The van der Waals surface area contributed by atoms with Crippen LogP contribution in [0.5, 0.6) is 0 Å². The molecule has 1 fully saturated rings. The van der Waals surface area contributed by atoms with Crippen LogP contribution in [0.2, 0.25) is 0 Å². The quantitative estimate of drug-likeness (QED) is 0.683. The van der Waals surface area contributed by atoms with E-state index >= 15 is 0 Å². The normalized spacial score (nSPS) is 23.9. The highest BCUT2D eigenvalue weighted by Gasteiger charge is 2.26. The van der Waals surface area contributed by atoms with Gasteiger partial charge in [-0.15, -0.1) is 0 Å².